The van der Waals surface area contributed by atoms with Crippen LogP contribution < -0.4 is 5.56 Å². The average Bonchev–Trinajstić information content (AvgIpc) is 3.65. The molecule has 0 bridgehead atoms. The van der Waals surface area contributed by atoms with E-state index in [1.54, 1.807) is 37.2 Å². The maximum absolute atomic E-state index is 13.5. The van der Waals surface area contributed by atoms with Crippen molar-refractivity contribution in [1.82, 2.24) is 33.6 Å². The molecule has 1 aliphatic heterocycles. The second-order valence-corrected chi connectivity index (χ2v) is 12.2. The quantitative estimate of drug-likeness (QED) is 0.326. The van der Waals surface area contributed by atoms with Crippen LogP contribution in [0.15, 0.2) is 83.0 Å². The molecule has 0 aliphatic carbocycles. The summed E-state index contributed by atoms with van der Waals surface area (Å²) in [5.74, 6) is 0. The molecule has 4 heterocycles. The first-order valence-electron chi connectivity index (χ1n) is 12.7. The molecule has 6 rings (SSSR count). The maximum Gasteiger partial charge on any atom is 0.264 e. The van der Waals surface area contributed by atoms with Crippen molar-refractivity contribution in [3.8, 4) is 5.69 Å². The van der Waals surface area contributed by atoms with Gasteiger partial charge in [-0.15, -0.1) is 5.10 Å². The van der Waals surface area contributed by atoms with Gasteiger partial charge in [0, 0.05) is 50.2 Å². The van der Waals surface area contributed by atoms with Crippen molar-refractivity contribution in [3.05, 3.63) is 100 Å². The summed E-state index contributed by atoms with van der Waals surface area (Å²) in [4.78, 5) is 13.5. The molecule has 0 spiro atoms. The fourth-order valence-corrected chi connectivity index (χ4v) is 7.10. The molecular formula is C28H29N7O3S. The molecule has 200 valence electrons. The Bertz CT molecular complexity index is 1860. The highest BCUT2D eigenvalue weighted by Crippen LogP contribution is 2.42. The predicted octanol–water partition coefficient (Wildman–Crippen LogP) is 2.74. The number of fused-ring (bicyclic) bond motifs is 1. The van der Waals surface area contributed by atoms with E-state index in [0.717, 1.165) is 27.6 Å². The largest absolute Gasteiger partial charge is 0.318 e. The zero-order valence-corrected chi connectivity index (χ0v) is 22.8. The monoisotopic (exact) mass is 543 g/mol. The van der Waals surface area contributed by atoms with E-state index in [9.17, 15) is 13.2 Å². The highest BCUT2D eigenvalue weighted by molar-refractivity contribution is 7.89. The van der Waals surface area contributed by atoms with E-state index in [1.807, 2.05) is 24.3 Å². The number of benzene rings is 2. The summed E-state index contributed by atoms with van der Waals surface area (Å²) in [5, 5.41) is 13.5. The minimum absolute atomic E-state index is 0.0389. The van der Waals surface area contributed by atoms with Crippen molar-refractivity contribution < 1.29 is 8.42 Å². The molecular weight excluding hydrogens is 514 g/mol. The maximum atomic E-state index is 13.5. The molecule has 10 nitrogen and oxygen atoms in total. The molecule has 39 heavy (non-hydrogen) atoms. The van der Waals surface area contributed by atoms with Gasteiger partial charge in [0.15, 0.2) is 0 Å². The normalized spacial score (nSPS) is 18.2. The van der Waals surface area contributed by atoms with Crippen molar-refractivity contribution in [2.45, 2.75) is 30.2 Å². The number of aryl methyl sites for hydroxylation is 3. The van der Waals surface area contributed by atoms with Crippen LogP contribution in [0.4, 0.5) is 0 Å². The van der Waals surface area contributed by atoms with E-state index in [4.69, 9.17) is 0 Å². The van der Waals surface area contributed by atoms with Crippen LogP contribution in [0.5, 0.6) is 0 Å². The van der Waals surface area contributed by atoms with Gasteiger partial charge in [-0.2, -0.15) is 19.3 Å². The standard InChI is InChI=1S/C28H29N7O3S/c1-20-13-25-22(17-30-35(25)23-9-11-32(2)27(36)15-23)14-24(20)28(16-21-7-5-4-6-8-21)10-12-34(19-28)39(37,38)26-18-29-33(3)31-26/h4-9,11,13-15,17-18H,10,12,16,19H2,1-3H3. The number of hydrogen-bond acceptors (Lipinski definition) is 6. The van der Waals surface area contributed by atoms with Gasteiger partial charge in [0.1, 0.15) is 0 Å². The van der Waals surface area contributed by atoms with E-state index in [0.29, 0.717) is 31.6 Å². The third-order valence-corrected chi connectivity index (χ3v) is 9.41. The number of hydrogen-bond donors (Lipinski definition) is 0. The molecule has 1 saturated heterocycles. The van der Waals surface area contributed by atoms with E-state index >= 15 is 0 Å². The van der Waals surface area contributed by atoms with Crippen LogP contribution in [0.1, 0.15) is 23.1 Å². The number of sulfonamides is 1. The first kappa shape index (κ1) is 25.2. The van der Waals surface area contributed by atoms with Gasteiger partial charge in [-0.3, -0.25) is 4.79 Å². The molecule has 1 aliphatic rings. The number of nitrogens with zero attached hydrogens (tertiary/aromatic N) is 7. The summed E-state index contributed by atoms with van der Waals surface area (Å²) in [6, 6.07) is 17.8. The molecule has 1 atom stereocenters. The van der Waals surface area contributed by atoms with Gasteiger partial charge in [-0.25, -0.2) is 13.1 Å². The minimum Gasteiger partial charge on any atom is -0.318 e. The van der Waals surface area contributed by atoms with Crippen LogP contribution in [0, 0.1) is 6.92 Å². The minimum atomic E-state index is -3.79. The zero-order valence-electron chi connectivity index (χ0n) is 22.0. The summed E-state index contributed by atoms with van der Waals surface area (Å²) >= 11 is 0. The zero-order chi connectivity index (χ0) is 27.4. The summed E-state index contributed by atoms with van der Waals surface area (Å²) in [5.41, 5.74) is 4.32. The molecule has 0 saturated carbocycles. The molecule has 1 unspecified atom stereocenters. The molecule has 0 radical (unpaired) electrons. The van der Waals surface area contributed by atoms with Gasteiger partial charge in [0.05, 0.1) is 23.6 Å². The lowest BCUT2D eigenvalue weighted by Gasteiger charge is -2.32. The highest BCUT2D eigenvalue weighted by Gasteiger charge is 2.45. The van der Waals surface area contributed by atoms with Gasteiger partial charge in [-0.1, -0.05) is 30.3 Å². The van der Waals surface area contributed by atoms with Crippen molar-refractivity contribution in [2.75, 3.05) is 13.1 Å². The van der Waals surface area contributed by atoms with Crippen LogP contribution in [-0.2, 0) is 36.0 Å². The fourth-order valence-electron chi connectivity index (χ4n) is 5.69. The first-order chi connectivity index (χ1) is 18.7. The molecule has 5 aromatic rings. The Morgan fingerprint density at radius 2 is 1.79 bits per heavy atom. The van der Waals surface area contributed by atoms with Gasteiger partial charge in [0.25, 0.3) is 15.6 Å². The Balaban J connectivity index is 1.45. The molecule has 0 N–H and O–H groups in total. The lowest BCUT2D eigenvalue weighted by atomic mass is 9.73. The third-order valence-electron chi connectivity index (χ3n) is 7.70. The Labute approximate surface area is 226 Å². The number of rotatable bonds is 6. The van der Waals surface area contributed by atoms with Crippen LogP contribution in [-0.4, -0.2) is 55.2 Å². The van der Waals surface area contributed by atoms with Crippen LogP contribution in [0.2, 0.25) is 0 Å². The van der Waals surface area contributed by atoms with Crippen LogP contribution in [0.3, 0.4) is 0 Å². The van der Waals surface area contributed by atoms with Crippen LogP contribution in [0.25, 0.3) is 16.6 Å². The Morgan fingerprint density at radius 1 is 1.00 bits per heavy atom. The second-order valence-electron chi connectivity index (χ2n) is 10.3. The topological polar surface area (TPSA) is 108 Å². The Kier molecular flexibility index (Phi) is 6.00. The molecule has 1 fully saturated rings. The van der Waals surface area contributed by atoms with Gasteiger partial charge in [-0.05, 0) is 54.7 Å². The predicted molar refractivity (Wildman–Crippen MR) is 147 cm³/mol. The number of aromatic nitrogens is 6. The van der Waals surface area contributed by atoms with Gasteiger partial charge >= 0.3 is 0 Å². The Morgan fingerprint density at radius 3 is 2.51 bits per heavy atom. The fraction of sp³-hybridized carbons (Fsp3) is 0.286. The van der Waals surface area contributed by atoms with Gasteiger partial charge < -0.3 is 4.57 Å². The van der Waals surface area contributed by atoms with Crippen molar-refractivity contribution in [3.63, 3.8) is 0 Å². The lowest BCUT2D eigenvalue weighted by molar-refractivity contribution is 0.412. The average molecular weight is 544 g/mol. The second kappa shape index (κ2) is 9.28. The third kappa shape index (κ3) is 4.37. The smallest absolute Gasteiger partial charge is 0.264 e. The van der Waals surface area contributed by atoms with Crippen LogP contribution >= 0.6 is 0 Å². The molecule has 3 aromatic heterocycles. The summed E-state index contributed by atoms with van der Waals surface area (Å²) in [6.07, 6.45) is 6.18. The van der Waals surface area contributed by atoms with Crippen molar-refractivity contribution in [2.24, 2.45) is 14.1 Å². The SMILES string of the molecule is Cc1cc2c(cnn2-c2ccn(C)c(=O)c2)cc1C1(Cc2ccccc2)CCN(S(=O)(=O)c2cnn(C)n2)C1. The highest BCUT2D eigenvalue weighted by atomic mass is 32.2. The first-order valence-corrected chi connectivity index (χ1v) is 14.2. The van der Waals surface area contributed by atoms with E-state index in [-0.39, 0.29) is 10.6 Å². The molecule has 2 aromatic carbocycles. The molecule has 0 amide bonds. The lowest BCUT2D eigenvalue weighted by Crippen LogP contribution is -2.36. The van der Waals surface area contributed by atoms with E-state index in [2.05, 4.69) is 46.5 Å². The summed E-state index contributed by atoms with van der Waals surface area (Å²) in [7, 11) is -0.474. The van der Waals surface area contributed by atoms with Crippen molar-refractivity contribution in [1.29, 1.82) is 0 Å². The van der Waals surface area contributed by atoms with Crippen molar-refractivity contribution >= 4 is 20.9 Å². The molecule has 11 heteroatoms. The summed E-state index contributed by atoms with van der Waals surface area (Å²) < 4.78 is 31.8. The van der Waals surface area contributed by atoms with E-state index < -0.39 is 15.4 Å². The summed E-state index contributed by atoms with van der Waals surface area (Å²) in [6.45, 7) is 2.77. The van der Waals surface area contributed by atoms with Gasteiger partial charge in [0.2, 0.25) is 5.03 Å². The van der Waals surface area contributed by atoms with E-state index in [1.165, 1.54) is 19.9 Å². The number of pyridine rings is 1. The Hall–Kier alpha value is -4.09.